The predicted molar refractivity (Wildman–Crippen MR) is 56.2 cm³/mol. The monoisotopic (exact) mass is 213 g/mol. The van der Waals surface area contributed by atoms with Gasteiger partial charge < -0.3 is 5.32 Å². The van der Waals surface area contributed by atoms with Crippen molar-refractivity contribution in [1.29, 1.82) is 0 Å². The Kier molecular flexibility index (Phi) is 2.50. The minimum atomic E-state index is -1.31. The number of rotatable bonds is 0. The van der Waals surface area contributed by atoms with E-state index in [4.69, 9.17) is 11.6 Å². The molecule has 1 atom stereocenters. The van der Waals surface area contributed by atoms with Crippen LogP contribution in [0.2, 0.25) is 5.02 Å². The fraction of sp³-hybridized carbons (Fsp3) is 0.455. The van der Waals surface area contributed by atoms with Gasteiger partial charge in [0.05, 0.1) is 0 Å². The van der Waals surface area contributed by atoms with E-state index in [0.717, 1.165) is 5.56 Å². The third kappa shape index (κ3) is 1.64. The lowest BCUT2D eigenvalue weighted by molar-refractivity contribution is 0.180. The van der Waals surface area contributed by atoms with Gasteiger partial charge in [-0.05, 0) is 31.5 Å². The molecule has 1 aromatic rings. The lowest BCUT2D eigenvalue weighted by Gasteiger charge is -2.21. The molecule has 0 bridgehead atoms. The summed E-state index contributed by atoms with van der Waals surface area (Å²) in [5, 5.41) is 3.73. The SMILES string of the molecule is CC1(F)CCNCc2cccc(Cl)c21. The van der Waals surface area contributed by atoms with Crippen molar-refractivity contribution in [3.05, 3.63) is 34.3 Å². The number of hydrogen-bond donors (Lipinski definition) is 1. The summed E-state index contributed by atoms with van der Waals surface area (Å²) in [5.41, 5.74) is 0.323. The highest BCUT2D eigenvalue weighted by Gasteiger charge is 2.31. The molecule has 1 unspecified atom stereocenters. The first-order chi connectivity index (χ1) is 6.61. The minimum Gasteiger partial charge on any atom is -0.313 e. The van der Waals surface area contributed by atoms with Gasteiger partial charge in [-0.2, -0.15) is 0 Å². The summed E-state index contributed by atoms with van der Waals surface area (Å²) in [6.07, 6.45) is 0.476. The summed E-state index contributed by atoms with van der Waals surface area (Å²) < 4.78 is 14.3. The van der Waals surface area contributed by atoms with E-state index in [1.807, 2.05) is 12.1 Å². The van der Waals surface area contributed by atoms with Crippen LogP contribution < -0.4 is 5.32 Å². The second-order valence-electron chi connectivity index (χ2n) is 3.90. The molecule has 1 heterocycles. The Morgan fingerprint density at radius 2 is 2.29 bits per heavy atom. The molecule has 1 nitrogen and oxygen atoms in total. The maximum Gasteiger partial charge on any atom is 0.136 e. The molecule has 2 rings (SSSR count). The number of alkyl halides is 1. The van der Waals surface area contributed by atoms with E-state index >= 15 is 0 Å². The van der Waals surface area contributed by atoms with Gasteiger partial charge >= 0.3 is 0 Å². The number of hydrogen-bond acceptors (Lipinski definition) is 1. The summed E-state index contributed by atoms with van der Waals surface area (Å²) in [6.45, 7) is 3.00. The Morgan fingerprint density at radius 1 is 1.50 bits per heavy atom. The molecule has 14 heavy (non-hydrogen) atoms. The second-order valence-corrected chi connectivity index (χ2v) is 4.31. The largest absolute Gasteiger partial charge is 0.313 e. The van der Waals surface area contributed by atoms with Crippen molar-refractivity contribution < 1.29 is 4.39 Å². The van der Waals surface area contributed by atoms with Gasteiger partial charge in [0.1, 0.15) is 5.67 Å². The van der Waals surface area contributed by atoms with Crippen LogP contribution in [0, 0.1) is 0 Å². The maximum absolute atomic E-state index is 14.3. The van der Waals surface area contributed by atoms with E-state index < -0.39 is 5.67 Å². The highest BCUT2D eigenvalue weighted by atomic mass is 35.5. The zero-order valence-electron chi connectivity index (χ0n) is 8.11. The first-order valence-corrected chi connectivity index (χ1v) is 5.16. The Labute approximate surface area is 88.3 Å². The molecule has 0 fully saturated rings. The molecule has 1 aromatic carbocycles. The summed E-state index contributed by atoms with van der Waals surface area (Å²) in [7, 11) is 0. The molecule has 0 radical (unpaired) electrons. The lowest BCUT2D eigenvalue weighted by atomic mass is 9.91. The van der Waals surface area contributed by atoms with Crippen molar-refractivity contribution in [2.45, 2.75) is 25.6 Å². The highest BCUT2D eigenvalue weighted by Crippen LogP contribution is 2.37. The quantitative estimate of drug-likeness (QED) is 0.699. The third-order valence-corrected chi connectivity index (χ3v) is 3.02. The molecular weight excluding hydrogens is 201 g/mol. The van der Waals surface area contributed by atoms with E-state index in [1.165, 1.54) is 0 Å². The molecular formula is C11H13ClFN. The van der Waals surface area contributed by atoms with Crippen LogP contribution in [-0.2, 0) is 12.2 Å². The average molecular weight is 214 g/mol. The second kappa shape index (κ2) is 3.52. The van der Waals surface area contributed by atoms with E-state index in [9.17, 15) is 4.39 Å². The van der Waals surface area contributed by atoms with E-state index in [0.29, 0.717) is 30.1 Å². The fourth-order valence-electron chi connectivity index (χ4n) is 1.97. The molecule has 0 saturated heterocycles. The van der Waals surface area contributed by atoms with Gasteiger partial charge in [-0.25, -0.2) is 4.39 Å². The molecule has 1 aliphatic rings. The van der Waals surface area contributed by atoms with Gasteiger partial charge in [-0.3, -0.25) is 0 Å². The lowest BCUT2D eigenvalue weighted by Crippen LogP contribution is -2.19. The van der Waals surface area contributed by atoms with Crippen molar-refractivity contribution in [2.24, 2.45) is 0 Å². The number of fused-ring (bicyclic) bond motifs is 1. The van der Waals surface area contributed by atoms with E-state index in [1.54, 1.807) is 13.0 Å². The summed E-state index contributed by atoms with van der Waals surface area (Å²) >= 11 is 6.03. The van der Waals surface area contributed by atoms with Gasteiger partial charge in [-0.15, -0.1) is 0 Å². The highest BCUT2D eigenvalue weighted by molar-refractivity contribution is 6.31. The van der Waals surface area contributed by atoms with Crippen LogP contribution >= 0.6 is 11.6 Å². The smallest absolute Gasteiger partial charge is 0.136 e. The normalized spacial score (nSPS) is 26.8. The number of halogens is 2. The zero-order chi connectivity index (χ0) is 10.2. The number of benzene rings is 1. The molecule has 0 saturated carbocycles. The minimum absolute atomic E-state index is 0.476. The van der Waals surface area contributed by atoms with Crippen molar-refractivity contribution >= 4 is 11.6 Å². The van der Waals surface area contributed by atoms with Crippen LogP contribution in [0.5, 0.6) is 0 Å². The molecule has 0 amide bonds. The van der Waals surface area contributed by atoms with Crippen molar-refractivity contribution in [1.82, 2.24) is 5.32 Å². The van der Waals surface area contributed by atoms with Crippen LogP contribution in [0.1, 0.15) is 24.5 Å². The Balaban J connectivity index is 2.58. The van der Waals surface area contributed by atoms with Crippen molar-refractivity contribution in [2.75, 3.05) is 6.54 Å². The predicted octanol–water partition coefficient (Wildman–Crippen LogP) is 3.02. The Hall–Kier alpha value is -0.600. The van der Waals surface area contributed by atoms with Crippen LogP contribution in [0.15, 0.2) is 18.2 Å². The van der Waals surface area contributed by atoms with Gasteiger partial charge in [0.2, 0.25) is 0 Å². The summed E-state index contributed by atoms with van der Waals surface area (Å²) in [6, 6.07) is 5.55. The first kappa shape index (κ1) is 9.94. The molecule has 0 aromatic heterocycles. The van der Waals surface area contributed by atoms with Crippen molar-refractivity contribution in [3.63, 3.8) is 0 Å². The zero-order valence-corrected chi connectivity index (χ0v) is 8.87. The van der Waals surface area contributed by atoms with Gasteiger partial charge in [0.15, 0.2) is 0 Å². The van der Waals surface area contributed by atoms with E-state index in [2.05, 4.69) is 5.32 Å². The van der Waals surface area contributed by atoms with Crippen LogP contribution in [0.3, 0.4) is 0 Å². The Bertz CT molecular complexity index is 349. The molecule has 3 heteroatoms. The van der Waals surface area contributed by atoms with Gasteiger partial charge in [-0.1, -0.05) is 23.7 Å². The molecule has 0 aliphatic carbocycles. The van der Waals surface area contributed by atoms with E-state index in [-0.39, 0.29) is 0 Å². The van der Waals surface area contributed by atoms with Crippen LogP contribution in [0.25, 0.3) is 0 Å². The molecule has 1 aliphatic heterocycles. The standard InChI is InChI=1S/C11H13ClFN/c1-11(13)5-6-14-7-8-3-2-4-9(12)10(8)11/h2-4,14H,5-7H2,1H3. The summed E-state index contributed by atoms with van der Waals surface area (Å²) in [4.78, 5) is 0. The first-order valence-electron chi connectivity index (χ1n) is 4.79. The van der Waals surface area contributed by atoms with Crippen LogP contribution in [-0.4, -0.2) is 6.54 Å². The topological polar surface area (TPSA) is 12.0 Å². The number of nitrogens with one attached hydrogen (secondary N) is 1. The Morgan fingerprint density at radius 3 is 3.07 bits per heavy atom. The fourth-order valence-corrected chi connectivity index (χ4v) is 2.36. The molecule has 76 valence electrons. The third-order valence-electron chi connectivity index (χ3n) is 2.71. The average Bonchev–Trinajstić information content (AvgIpc) is 2.25. The molecule has 0 spiro atoms. The van der Waals surface area contributed by atoms with Gasteiger partial charge in [0, 0.05) is 17.1 Å². The van der Waals surface area contributed by atoms with Crippen molar-refractivity contribution in [3.8, 4) is 0 Å². The summed E-state index contributed by atoms with van der Waals surface area (Å²) in [5.74, 6) is 0. The maximum atomic E-state index is 14.3. The molecule has 1 N–H and O–H groups in total. The van der Waals surface area contributed by atoms with Gasteiger partial charge in [0.25, 0.3) is 0 Å². The van der Waals surface area contributed by atoms with Crippen LogP contribution in [0.4, 0.5) is 4.39 Å².